The molecule has 0 spiro atoms. The molecule has 106 valence electrons. The van der Waals surface area contributed by atoms with Crippen LogP contribution in [0.15, 0.2) is 57.9 Å². The highest BCUT2D eigenvalue weighted by atomic mass is 79.9. The first kappa shape index (κ1) is 15.0. The molecule has 2 aromatic rings. The van der Waals surface area contributed by atoms with E-state index in [4.69, 9.17) is 0 Å². The fraction of sp³-hybridized carbons (Fsp3) is 0.143. The molecule has 0 aliphatic rings. The Kier molecular flexibility index (Phi) is 4.80. The number of halogens is 1. The molecule has 0 unspecified atom stereocenters. The number of rotatable bonds is 5. The van der Waals surface area contributed by atoms with Gasteiger partial charge >= 0.3 is 0 Å². The lowest BCUT2D eigenvalue weighted by molar-refractivity contribution is 0.601. The van der Waals surface area contributed by atoms with E-state index in [0.717, 1.165) is 10.0 Å². The zero-order chi connectivity index (χ0) is 14.6. The van der Waals surface area contributed by atoms with Gasteiger partial charge in [0.05, 0.1) is 4.90 Å². The molecule has 0 aromatic heterocycles. The maximum Gasteiger partial charge on any atom is 0.261 e. The average molecular weight is 355 g/mol. The third kappa shape index (κ3) is 3.82. The lowest BCUT2D eigenvalue weighted by Gasteiger charge is -2.09. The minimum atomic E-state index is -3.54. The van der Waals surface area contributed by atoms with Gasteiger partial charge in [-0.15, -0.1) is 0 Å². The molecule has 0 aliphatic carbocycles. The Hall–Kier alpha value is -1.37. The van der Waals surface area contributed by atoms with Gasteiger partial charge in [0.1, 0.15) is 0 Å². The number of hydrogen-bond donors (Lipinski definition) is 2. The molecule has 2 N–H and O–H groups in total. The molecule has 0 atom stereocenters. The van der Waals surface area contributed by atoms with Gasteiger partial charge in [-0.25, -0.2) is 8.42 Å². The van der Waals surface area contributed by atoms with Gasteiger partial charge in [-0.2, -0.15) is 0 Å². The molecule has 0 bridgehead atoms. The normalized spacial score (nSPS) is 11.3. The summed E-state index contributed by atoms with van der Waals surface area (Å²) in [6, 6.07) is 13.8. The van der Waals surface area contributed by atoms with E-state index >= 15 is 0 Å². The van der Waals surface area contributed by atoms with Crippen LogP contribution in [0, 0.1) is 0 Å². The Morgan fingerprint density at radius 3 is 2.15 bits per heavy atom. The van der Waals surface area contributed by atoms with E-state index in [1.807, 2.05) is 7.05 Å². The van der Waals surface area contributed by atoms with Crippen LogP contribution in [0.4, 0.5) is 5.69 Å². The number of sulfonamides is 1. The van der Waals surface area contributed by atoms with Crippen LogP contribution in [0.25, 0.3) is 0 Å². The van der Waals surface area contributed by atoms with Crippen LogP contribution in [0.5, 0.6) is 0 Å². The standard InChI is InChI=1S/C14H15BrN2O2S/c1-16-10-11-2-8-14(9-3-11)20(18,19)17-13-6-4-12(15)5-7-13/h2-9,16-17H,10H2,1H3. The summed E-state index contributed by atoms with van der Waals surface area (Å²) in [5, 5.41) is 3.02. The van der Waals surface area contributed by atoms with Gasteiger partial charge < -0.3 is 5.32 Å². The summed E-state index contributed by atoms with van der Waals surface area (Å²) in [4.78, 5) is 0.250. The number of anilines is 1. The van der Waals surface area contributed by atoms with Crippen LogP contribution < -0.4 is 10.0 Å². The molecule has 4 nitrogen and oxygen atoms in total. The monoisotopic (exact) mass is 354 g/mol. The quantitative estimate of drug-likeness (QED) is 0.867. The second-order valence-electron chi connectivity index (χ2n) is 4.29. The predicted octanol–water partition coefficient (Wildman–Crippen LogP) is 2.97. The van der Waals surface area contributed by atoms with E-state index in [0.29, 0.717) is 12.2 Å². The molecule has 6 heteroatoms. The first-order valence-electron chi connectivity index (χ1n) is 6.03. The topological polar surface area (TPSA) is 58.2 Å². The van der Waals surface area contributed by atoms with E-state index in [1.165, 1.54) is 0 Å². The first-order chi connectivity index (χ1) is 9.51. The highest BCUT2D eigenvalue weighted by molar-refractivity contribution is 9.10. The summed E-state index contributed by atoms with van der Waals surface area (Å²) in [5.74, 6) is 0. The summed E-state index contributed by atoms with van der Waals surface area (Å²) in [6.45, 7) is 0.709. The SMILES string of the molecule is CNCc1ccc(S(=O)(=O)Nc2ccc(Br)cc2)cc1. The third-order valence-corrected chi connectivity index (χ3v) is 4.64. The van der Waals surface area contributed by atoms with Crippen LogP contribution in [-0.2, 0) is 16.6 Å². The van der Waals surface area contributed by atoms with Gasteiger partial charge in [-0.3, -0.25) is 4.72 Å². The fourth-order valence-electron chi connectivity index (χ4n) is 1.72. The molecule has 0 saturated heterocycles. The number of benzene rings is 2. The Morgan fingerprint density at radius 2 is 1.60 bits per heavy atom. The van der Waals surface area contributed by atoms with Crippen molar-refractivity contribution in [1.29, 1.82) is 0 Å². The Balaban J connectivity index is 2.19. The van der Waals surface area contributed by atoms with Crippen molar-refractivity contribution in [2.45, 2.75) is 11.4 Å². The minimum Gasteiger partial charge on any atom is -0.316 e. The van der Waals surface area contributed by atoms with E-state index < -0.39 is 10.0 Å². The van der Waals surface area contributed by atoms with E-state index in [1.54, 1.807) is 48.5 Å². The molecule has 0 radical (unpaired) electrons. The Morgan fingerprint density at radius 1 is 1.00 bits per heavy atom. The fourth-order valence-corrected chi connectivity index (χ4v) is 3.05. The summed E-state index contributed by atoms with van der Waals surface area (Å²) in [6.07, 6.45) is 0. The van der Waals surface area contributed by atoms with Crippen molar-refractivity contribution >= 4 is 31.6 Å². The highest BCUT2D eigenvalue weighted by Crippen LogP contribution is 2.19. The zero-order valence-electron chi connectivity index (χ0n) is 10.9. The van der Waals surface area contributed by atoms with Gasteiger partial charge in [0, 0.05) is 16.7 Å². The average Bonchev–Trinajstić information content (AvgIpc) is 2.42. The summed E-state index contributed by atoms with van der Waals surface area (Å²) >= 11 is 3.31. The third-order valence-electron chi connectivity index (χ3n) is 2.71. The molecule has 0 saturated carbocycles. The molecule has 2 rings (SSSR count). The smallest absolute Gasteiger partial charge is 0.261 e. The van der Waals surface area contributed by atoms with Crippen molar-refractivity contribution < 1.29 is 8.42 Å². The summed E-state index contributed by atoms with van der Waals surface area (Å²) < 4.78 is 27.9. The summed E-state index contributed by atoms with van der Waals surface area (Å²) in [5.41, 5.74) is 1.57. The second kappa shape index (κ2) is 6.39. The molecule has 0 fully saturated rings. The van der Waals surface area contributed by atoms with Gasteiger partial charge in [-0.1, -0.05) is 28.1 Å². The van der Waals surface area contributed by atoms with Crippen LogP contribution in [0.3, 0.4) is 0 Å². The summed E-state index contributed by atoms with van der Waals surface area (Å²) in [7, 11) is -1.70. The maximum absolute atomic E-state index is 12.2. The molecule has 2 aromatic carbocycles. The molecule has 0 amide bonds. The van der Waals surface area contributed by atoms with Gasteiger partial charge in [0.15, 0.2) is 0 Å². The van der Waals surface area contributed by atoms with Crippen molar-refractivity contribution in [1.82, 2.24) is 5.32 Å². The first-order valence-corrected chi connectivity index (χ1v) is 8.31. The Labute approximate surface area is 127 Å². The lowest BCUT2D eigenvalue weighted by atomic mass is 10.2. The van der Waals surface area contributed by atoms with Crippen molar-refractivity contribution in [3.8, 4) is 0 Å². The molecule has 0 heterocycles. The van der Waals surface area contributed by atoms with E-state index in [-0.39, 0.29) is 4.90 Å². The van der Waals surface area contributed by atoms with E-state index in [2.05, 4.69) is 26.0 Å². The maximum atomic E-state index is 12.2. The van der Waals surface area contributed by atoms with Crippen LogP contribution in [0.1, 0.15) is 5.56 Å². The zero-order valence-corrected chi connectivity index (χ0v) is 13.3. The van der Waals surface area contributed by atoms with Gasteiger partial charge in [0.2, 0.25) is 0 Å². The van der Waals surface area contributed by atoms with Crippen LogP contribution in [0.2, 0.25) is 0 Å². The van der Waals surface area contributed by atoms with Gasteiger partial charge in [-0.05, 0) is 49.0 Å². The molecule has 0 aliphatic heterocycles. The van der Waals surface area contributed by atoms with Crippen LogP contribution in [-0.4, -0.2) is 15.5 Å². The van der Waals surface area contributed by atoms with Crippen molar-refractivity contribution in [2.24, 2.45) is 0 Å². The Bertz CT molecular complexity index is 667. The second-order valence-corrected chi connectivity index (χ2v) is 6.88. The minimum absolute atomic E-state index is 0.250. The van der Waals surface area contributed by atoms with Gasteiger partial charge in [0.25, 0.3) is 10.0 Å². The molecular weight excluding hydrogens is 340 g/mol. The van der Waals surface area contributed by atoms with Crippen LogP contribution >= 0.6 is 15.9 Å². The van der Waals surface area contributed by atoms with Crippen molar-refractivity contribution in [3.63, 3.8) is 0 Å². The lowest BCUT2D eigenvalue weighted by Crippen LogP contribution is -2.13. The van der Waals surface area contributed by atoms with E-state index in [9.17, 15) is 8.42 Å². The number of hydrogen-bond acceptors (Lipinski definition) is 3. The highest BCUT2D eigenvalue weighted by Gasteiger charge is 2.13. The molecular formula is C14H15BrN2O2S. The molecule has 20 heavy (non-hydrogen) atoms. The number of nitrogens with one attached hydrogen (secondary N) is 2. The van der Waals surface area contributed by atoms with Crippen molar-refractivity contribution in [2.75, 3.05) is 11.8 Å². The largest absolute Gasteiger partial charge is 0.316 e. The van der Waals surface area contributed by atoms with Crippen molar-refractivity contribution in [3.05, 3.63) is 58.6 Å². The predicted molar refractivity (Wildman–Crippen MR) is 84.2 cm³/mol.